The van der Waals surface area contributed by atoms with E-state index in [1.165, 1.54) is 0 Å². The Morgan fingerprint density at radius 2 is 2.05 bits per heavy atom. The molecule has 0 aliphatic carbocycles. The van der Waals surface area contributed by atoms with Crippen LogP contribution in [0.3, 0.4) is 0 Å². The highest BCUT2D eigenvalue weighted by atomic mass is 19.3. The third kappa shape index (κ3) is 5.26. The lowest BCUT2D eigenvalue weighted by Crippen LogP contribution is -2.26. The van der Waals surface area contributed by atoms with E-state index in [1.807, 2.05) is 6.07 Å². The minimum absolute atomic E-state index is 0.138. The molecule has 0 saturated heterocycles. The molecule has 0 aliphatic rings. The molecule has 0 aromatic carbocycles. The number of halogens is 2. The van der Waals surface area contributed by atoms with Crippen molar-refractivity contribution in [3.63, 3.8) is 0 Å². The minimum Gasteiger partial charge on any atom is -0.261 e. The van der Waals surface area contributed by atoms with Crippen molar-refractivity contribution < 1.29 is 8.78 Å². The topological polar surface area (TPSA) is 12.9 Å². The highest BCUT2D eigenvalue weighted by molar-refractivity contribution is 6.32. The molecule has 2 unspecified atom stereocenters. The molecule has 0 amide bonds. The van der Waals surface area contributed by atoms with Crippen molar-refractivity contribution in [3.8, 4) is 0 Å². The van der Waals surface area contributed by atoms with E-state index in [1.54, 1.807) is 19.2 Å². The maximum atomic E-state index is 13.7. The second-order valence-corrected chi connectivity index (χ2v) is 5.77. The maximum Gasteiger partial charge on any atom is 0.248 e. The number of hydrogen-bond donors (Lipinski definition) is 0. The third-order valence-corrected chi connectivity index (χ3v) is 3.96. The highest BCUT2D eigenvalue weighted by Gasteiger charge is 2.35. The van der Waals surface area contributed by atoms with Crippen LogP contribution in [0.2, 0.25) is 0 Å². The van der Waals surface area contributed by atoms with Crippen LogP contribution in [0.15, 0.2) is 30.5 Å². The summed E-state index contributed by atoms with van der Waals surface area (Å²) in [6.07, 6.45) is 4.16. The Balaban J connectivity index is 3.02. The summed E-state index contributed by atoms with van der Waals surface area (Å²) in [6, 6.07) is 3.58. The number of allylic oxidation sites excluding steroid dienone is 1. The molecule has 114 valence electrons. The van der Waals surface area contributed by atoms with Crippen molar-refractivity contribution in [2.24, 2.45) is 5.92 Å². The number of rotatable bonds is 8. The Hall–Kier alpha value is -1.19. The minimum atomic E-state index is -2.69. The standard InChI is InChI=1S/C17H24BF2N/c1-5-7-12(3)15(10-13(6-2)17(4,19)20)16-9-8-14(18)11-21-16/h8-9,11,13,15H,3,5-7,10H2,1-2,4H3. The summed E-state index contributed by atoms with van der Waals surface area (Å²) in [6.45, 7) is 8.96. The van der Waals surface area contributed by atoms with Crippen molar-refractivity contribution in [1.29, 1.82) is 0 Å². The first-order valence-corrected chi connectivity index (χ1v) is 7.56. The van der Waals surface area contributed by atoms with Gasteiger partial charge in [-0.15, -0.1) is 0 Å². The molecule has 4 heteroatoms. The summed E-state index contributed by atoms with van der Waals surface area (Å²) in [5, 5.41) is 0. The summed E-state index contributed by atoms with van der Waals surface area (Å²) in [4.78, 5) is 4.32. The van der Waals surface area contributed by atoms with Crippen LogP contribution in [0.5, 0.6) is 0 Å². The van der Waals surface area contributed by atoms with Gasteiger partial charge in [0.1, 0.15) is 7.85 Å². The SMILES string of the molecule is [B]c1ccc(C(CC(CC)C(C)(F)F)C(=C)CCC)nc1. The van der Waals surface area contributed by atoms with Gasteiger partial charge >= 0.3 is 0 Å². The zero-order valence-electron chi connectivity index (χ0n) is 13.2. The van der Waals surface area contributed by atoms with Crippen LogP contribution in [0.25, 0.3) is 0 Å². The summed E-state index contributed by atoms with van der Waals surface area (Å²) >= 11 is 0. The van der Waals surface area contributed by atoms with E-state index >= 15 is 0 Å². The van der Waals surface area contributed by atoms with Crippen molar-refractivity contribution in [2.75, 3.05) is 0 Å². The fraction of sp³-hybridized carbons (Fsp3) is 0.588. The molecule has 1 aromatic rings. The Morgan fingerprint density at radius 3 is 2.48 bits per heavy atom. The fourth-order valence-corrected chi connectivity index (χ4v) is 2.63. The molecule has 0 bridgehead atoms. The first kappa shape index (κ1) is 17.9. The number of nitrogens with zero attached hydrogens (tertiary/aromatic N) is 1. The summed E-state index contributed by atoms with van der Waals surface area (Å²) in [5.74, 6) is -3.50. The second-order valence-electron chi connectivity index (χ2n) is 5.77. The van der Waals surface area contributed by atoms with Gasteiger partial charge in [0, 0.05) is 23.7 Å². The van der Waals surface area contributed by atoms with Gasteiger partial charge in [0.05, 0.1) is 0 Å². The van der Waals surface area contributed by atoms with Crippen molar-refractivity contribution in [2.45, 2.75) is 58.3 Å². The second kappa shape index (κ2) is 7.72. The molecule has 1 heterocycles. The third-order valence-electron chi connectivity index (χ3n) is 3.96. The molecule has 1 nitrogen and oxygen atoms in total. The van der Waals surface area contributed by atoms with E-state index in [2.05, 4.69) is 18.5 Å². The molecule has 2 radical (unpaired) electrons. The van der Waals surface area contributed by atoms with E-state index in [0.29, 0.717) is 18.3 Å². The van der Waals surface area contributed by atoms with Gasteiger partial charge in [-0.2, -0.15) is 0 Å². The van der Waals surface area contributed by atoms with Crippen molar-refractivity contribution in [3.05, 3.63) is 36.2 Å². The van der Waals surface area contributed by atoms with Gasteiger partial charge in [0.2, 0.25) is 5.92 Å². The predicted octanol–water partition coefficient (Wildman–Crippen LogP) is 4.39. The van der Waals surface area contributed by atoms with Crippen LogP contribution >= 0.6 is 0 Å². The molecule has 2 atom stereocenters. The zero-order chi connectivity index (χ0) is 16.0. The first-order valence-electron chi connectivity index (χ1n) is 7.56. The molecule has 0 saturated carbocycles. The molecule has 1 aromatic heterocycles. The molecule has 0 spiro atoms. The van der Waals surface area contributed by atoms with E-state index in [0.717, 1.165) is 31.0 Å². The maximum absolute atomic E-state index is 13.7. The van der Waals surface area contributed by atoms with Crippen LogP contribution in [-0.4, -0.2) is 18.8 Å². The van der Waals surface area contributed by atoms with Crippen molar-refractivity contribution in [1.82, 2.24) is 4.98 Å². The first-order chi connectivity index (χ1) is 9.79. The number of aromatic nitrogens is 1. The van der Waals surface area contributed by atoms with Gasteiger partial charge in [-0.25, -0.2) is 8.78 Å². The lowest BCUT2D eigenvalue weighted by atomic mass is 9.81. The Labute approximate surface area is 128 Å². The lowest BCUT2D eigenvalue weighted by molar-refractivity contribution is -0.0457. The molecule has 1 rings (SSSR count). The van der Waals surface area contributed by atoms with E-state index in [-0.39, 0.29) is 5.92 Å². The van der Waals surface area contributed by atoms with Crippen LogP contribution < -0.4 is 5.46 Å². The van der Waals surface area contributed by atoms with Crippen LogP contribution in [0.4, 0.5) is 8.78 Å². The zero-order valence-corrected chi connectivity index (χ0v) is 13.2. The lowest BCUT2D eigenvalue weighted by Gasteiger charge is -2.28. The molecule has 0 fully saturated rings. The quantitative estimate of drug-likeness (QED) is 0.511. The normalized spacial score (nSPS) is 14.7. The summed E-state index contributed by atoms with van der Waals surface area (Å²) < 4.78 is 27.4. The summed E-state index contributed by atoms with van der Waals surface area (Å²) in [5.41, 5.74) is 2.33. The molecule has 0 aliphatic heterocycles. The average Bonchev–Trinajstić information content (AvgIpc) is 2.40. The van der Waals surface area contributed by atoms with Gasteiger partial charge in [-0.05, 0) is 32.3 Å². The van der Waals surface area contributed by atoms with E-state index in [4.69, 9.17) is 7.85 Å². The number of hydrogen-bond acceptors (Lipinski definition) is 1. The Bertz CT molecular complexity index is 451. The van der Waals surface area contributed by atoms with E-state index in [9.17, 15) is 8.78 Å². The van der Waals surface area contributed by atoms with Crippen LogP contribution in [0, 0.1) is 5.92 Å². The van der Waals surface area contributed by atoms with Crippen molar-refractivity contribution >= 4 is 13.3 Å². The Kier molecular flexibility index (Phi) is 6.57. The van der Waals surface area contributed by atoms with Gasteiger partial charge in [0.25, 0.3) is 0 Å². The average molecular weight is 291 g/mol. The Morgan fingerprint density at radius 1 is 1.38 bits per heavy atom. The molecule has 21 heavy (non-hydrogen) atoms. The predicted molar refractivity (Wildman–Crippen MR) is 85.4 cm³/mol. The van der Waals surface area contributed by atoms with Gasteiger partial charge in [-0.3, -0.25) is 4.98 Å². The van der Waals surface area contributed by atoms with E-state index < -0.39 is 11.8 Å². The highest BCUT2D eigenvalue weighted by Crippen LogP contribution is 2.38. The fourth-order valence-electron chi connectivity index (χ4n) is 2.63. The number of pyridine rings is 1. The monoisotopic (exact) mass is 291 g/mol. The smallest absolute Gasteiger partial charge is 0.248 e. The largest absolute Gasteiger partial charge is 0.261 e. The molecule has 0 N–H and O–H groups in total. The van der Waals surface area contributed by atoms with Gasteiger partial charge in [-0.1, -0.05) is 43.9 Å². The van der Waals surface area contributed by atoms with Gasteiger partial charge in [0.15, 0.2) is 0 Å². The summed E-state index contributed by atoms with van der Waals surface area (Å²) in [7, 11) is 5.65. The number of alkyl halides is 2. The van der Waals surface area contributed by atoms with Gasteiger partial charge < -0.3 is 0 Å². The molecular weight excluding hydrogens is 267 g/mol. The van der Waals surface area contributed by atoms with Crippen LogP contribution in [-0.2, 0) is 0 Å². The molecular formula is C17H24BF2N. The van der Waals surface area contributed by atoms with Crippen LogP contribution in [0.1, 0.15) is 58.1 Å².